The second-order valence-corrected chi connectivity index (χ2v) is 22.6. The van der Waals surface area contributed by atoms with Crippen molar-refractivity contribution < 1.29 is 29.0 Å². The minimum atomic E-state index is -2.52. The second kappa shape index (κ2) is 19.0. The van der Waals surface area contributed by atoms with Gasteiger partial charge < -0.3 is 30.1 Å². The molecular formula is C54H54N6O6Si. The zero-order valence-corrected chi connectivity index (χ0v) is 39.0. The Balaban J connectivity index is 1.09. The number of carbonyl (C=O) groups excluding carboxylic acids is 3. The van der Waals surface area contributed by atoms with E-state index in [0.29, 0.717) is 52.4 Å². The Morgan fingerprint density at radius 2 is 1.43 bits per heavy atom. The van der Waals surface area contributed by atoms with Gasteiger partial charge in [-0.3, -0.25) is 19.1 Å². The van der Waals surface area contributed by atoms with Crippen molar-refractivity contribution in [2.75, 3.05) is 29.3 Å². The molecule has 3 amide bonds. The zero-order valence-electron chi connectivity index (χ0n) is 38.0. The lowest BCUT2D eigenvalue weighted by Crippen LogP contribution is -2.51. The quantitative estimate of drug-likeness (QED) is 0.0866. The number of rotatable bonds is 15. The molecule has 12 nitrogen and oxygen atoms in total. The Labute approximate surface area is 391 Å². The molecule has 2 aliphatic rings. The van der Waals surface area contributed by atoms with Gasteiger partial charge in [0.25, 0.3) is 17.7 Å². The summed E-state index contributed by atoms with van der Waals surface area (Å²) in [5.74, 6) is -0.574. The van der Waals surface area contributed by atoms with Crippen LogP contribution in [0.15, 0.2) is 164 Å². The Bertz CT molecular complexity index is 2880. The van der Waals surface area contributed by atoms with Gasteiger partial charge in [-0.1, -0.05) is 121 Å². The minimum Gasteiger partial charge on any atom is -0.497 e. The molecule has 0 aliphatic carbocycles. The van der Waals surface area contributed by atoms with E-state index < -0.39 is 19.8 Å². The Hall–Kier alpha value is -7.19. The SMILES string of the molecule is COc1ccc([Si](C)(C)[C@@H]2[C@@H](CCn3cc(C(CO)c4ccccc4)nn3)O[C@]3(C(=O)N(Cc4cccc(NC(=O)c5ccccc5)c4)c4ccc(NC(=O)c5ccccc5)cc43)[C@H]2C)cc1. The number of nitrogens with zero attached hydrogens (tertiary/aromatic N) is 4. The lowest BCUT2D eigenvalue weighted by Gasteiger charge is -2.37. The van der Waals surface area contributed by atoms with Gasteiger partial charge in [0.15, 0.2) is 5.60 Å². The van der Waals surface area contributed by atoms with Gasteiger partial charge in [-0.2, -0.15) is 0 Å². The number of anilines is 3. The molecule has 13 heteroatoms. The van der Waals surface area contributed by atoms with Crippen LogP contribution in [0.2, 0.25) is 18.6 Å². The molecule has 1 spiro atoms. The molecule has 3 heterocycles. The summed E-state index contributed by atoms with van der Waals surface area (Å²) in [6, 6.07) is 49.3. The van der Waals surface area contributed by atoms with Crippen molar-refractivity contribution in [3.05, 3.63) is 197 Å². The highest BCUT2D eigenvalue weighted by Gasteiger charge is 2.66. The summed E-state index contributed by atoms with van der Waals surface area (Å²) in [7, 11) is -0.867. The van der Waals surface area contributed by atoms with Crippen LogP contribution < -0.4 is 25.5 Å². The molecule has 9 rings (SSSR count). The number of aromatic nitrogens is 3. The highest BCUT2D eigenvalue weighted by molar-refractivity contribution is 6.91. The third kappa shape index (κ3) is 8.81. The summed E-state index contributed by atoms with van der Waals surface area (Å²) in [6.45, 7) is 7.37. The number of amides is 3. The molecule has 3 N–H and O–H groups in total. The van der Waals surface area contributed by atoms with Gasteiger partial charge in [0, 0.05) is 46.7 Å². The molecule has 0 saturated carbocycles. The van der Waals surface area contributed by atoms with Crippen LogP contribution in [-0.2, 0) is 28.2 Å². The van der Waals surface area contributed by atoms with Gasteiger partial charge >= 0.3 is 0 Å². The molecule has 2 aliphatic heterocycles. The van der Waals surface area contributed by atoms with Crippen molar-refractivity contribution in [3.63, 3.8) is 0 Å². The number of nitrogens with one attached hydrogen (secondary N) is 2. The number of benzene rings is 6. The zero-order chi connectivity index (χ0) is 46.7. The van der Waals surface area contributed by atoms with Crippen LogP contribution in [0.5, 0.6) is 5.75 Å². The average Bonchev–Trinajstić information content (AvgIpc) is 4.02. The first-order chi connectivity index (χ1) is 32.5. The molecule has 1 unspecified atom stereocenters. The smallest absolute Gasteiger partial charge is 0.264 e. The number of fused-ring (bicyclic) bond motifs is 2. The first-order valence-electron chi connectivity index (χ1n) is 22.7. The maximum absolute atomic E-state index is 15.8. The van der Waals surface area contributed by atoms with Gasteiger partial charge in [-0.25, -0.2) is 0 Å². The van der Waals surface area contributed by atoms with Gasteiger partial charge in [0.2, 0.25) is 0 Å². The maximum Gasteiger partial charge on any atom is 0.264 e. The molecule has 340 valence electrons. The standard InChI is InChI=1S/C54H54N6O6Si/c1-36-50(67(3,4)44-26-24-43(65-2)25-27-44)49(29-30-59-34-47(57-58-59)45(35-61)38-16-8-5-9-17-38)66-54(36)46-32-42(56-52(63)40-20-12-7-13-21-40)23-28-48(46)60(53(54)64)33-37-15-14-22-41(31-37)55-51(62)39-18-10-6-11-19-39/h5-28,31-32,34,36,45,49-50,61H,29-30,33,35H2,1-4H3,(H,55,62)(H,56,63)/t36-,45?,49+,50-,54+/m0/s1. The summed E-state index contributed by atoms with van der Waals surface area (Å²) < 4.78 is 14.8. The van der Waals surface area contributed by atoms with Crippen molar-refractivity contribution in [3.8, 4) is 5.75 Å². The molecule has 1 fully saturated rings. The first kappa shape index (κ1) is 45.0. The van der Waals surface area contributed by atoms with Crippen LogP contribution in [-0.4, -0.2) is 65.7 Å². The number of hydrogen-bond donors (Lipinski definition) is 3. The van der Waals surface area contributed by atoms with Crippen molar-refractivity contribution in [2.24, 2.45) is 5.92 Å². The highest BCUT2D eigenvalue weighted by Crippen LogP contribution is 2.60. The van der Waals surface area contributed by atoms with Crippen LogP contribution in [0.4, 0.5) is 17.1 Å². The summed E-state index contributed by atoms with van der Waals surface area (Å²) in [4.78, 5) is 44.3. The number of methoxy groups -OCH3 is 1. The Kier molecular flexibility index (Phi) is 12.7. The van der Waals surface area contributed by atoms with E-state index in [2.05, 4.69) is 53.1 Å². The topological polar surface area (TPSA) is 148 Å². The third-order valence-corrected chi connectivity index (χ3v) is 18.0. The Morgan fingerprint density at radius 3 is 2.06 bits per heavy atom. The third-order valence-electron chi connectivity index (χ3n) is 13.6. The van der Waals surface area contributed by atoms with Crippen molar-refractivity contribution in [1.82, 2.24) is 15.0 Å². The molecule has 6 aromatic carbocycles. The minimum absolute atomic E-state index is 0.0748. The van der Waals surface area contributed by atoms with E-state index in [4.69, 9.17) is 9.47 Å². The van der Waals surface area contributed by atoms with E-state index in [9.17, 15) is 14.7 Å². The molecule has 67 heavy (non-hydrogen) atoms. The molecule has 5 atom stereocenters. The van der Waals surface area contributed by atoms with Crippen molar-refractivity contribution >= 4 is 48.0 Å². The molecule has 0 radical (unpaired) electrons. The van der Waals surface area contributed by atoms with E-state index in [1.165, 1.54) is 5.19 Å². The fourth-order valence-electron chi connectivity index (χ4n) is 10.2. The second-order valence-electron chi connectivity index (χ2n) is 18.0. The number of hydrogen-bond acceptors (Lipinski definition) is 8. The average molecular weight is 911 g/mol. The fraction of sp³-hybridized carbons (Fsp3) is 0.241. The summed E-state index contributed by atoms with van der Waals surface area (Å²) >= 11 is 0. The predicted octanol–water partition coefficient (Wildman–Crippen LogP) is 8.77. The van der Waals surface area contributed by atoms with Crippen LogP contribution in [0, 0.1) is 5.92 Å². The van der Waals surface area contributed by atoms with Gasteiger partial charge in [-0.05, 0) is 89.8 Å². The van der Waals surface area contributed by atoms with E-state index in [0.717, 1.165) is 16.9 Å². The first-order valence-corrected chi connectivity index (χ1v) is 25.7. The van der Waals surface area contributed by atoms with Crippen molar-refractivity contribution in [1.29, 1.82) is 0 Å². The largest absolute Gasteiger partial charge is 0.497 e. The lowest BCUT2D eigenvalue weighted by molar-refractivity contribution is -0.146. The van der Waals surface area contributed by atoms with E-state index in [1.807, 2.05) is 128 Å². The van der Waals surface area contributed by atoms with Crippen molar-refractivity contribution in [2.45, 2.75) is 62.7 Å². The highest BCUT2D eigenvalue weighted by atomic mass is 28.3. The summed E-state index contributed by atoms with van der Waals surface area (Å²) in [5.41, 5.74) is 4.51. The monoisotopic (exact) mass is 910 g/mol. The normalized spacial score (nSPS) is 19.3. The van der Waals surface area contributed by atoms with Crippen LogP contribution >= 0.6 is 0 Å². The van der Waals surface area contributed by atoms with E-state index in [1.54, 1.807) is 41.0 Å². The number of aliphatic hydroxyl groups is 1. The van der Waals surface area contributed by atoms with Gasteiger partial charge in [-0.15, -0.1) is 5.10 Å². The fourth-order valence-corrected chi connectivity index (χ4v) is 14.3. The number of ether oxygens (including phenoxy) is 2. The molecule has 1 aromatic heterocycles. The van der Waals surface area contributed by atoms with Gasteiger partial charge in [0.1, 0.15) is 5.75 Å². The summed E-state index contributed by atoms with van der Waals surface area (Å²) in [6.07, 6.45) is 2.01. The number of aryl methyl sites for hydroxylation is 1. The molecule has 0 bridgehead atoms. The van der Waals surface area contributed by atoms with E-state index >= 15 is 4.79 Å². The Morgan fingerprint density at radius 1 is 0.806 bits per heavy atom. The molecular weight excluding hydrogens is 857 g/mol. The molecule has 7 aromatic rings. The van der Waals surface area contributed by atoms with Crippen LogP contribution in [0.25, 0.3) is 0 Å². The van der Waals surface area contributed by atoms with Gasteiger partial charge in [0.05, 0.1) is 51.7 Å². The maximum atomic E-state index is 15.8. The van der Waals surface area contributed by atoms with E-state index in [-0.39, 0.29) is 48.3 Å². The number of carbonyl (C=O) groups is 3. The number of aliphatic hydroxyl groups excluding tert-OH is 1. The van der Waals surface area contributed by atoms with Crippen LogP contribution in [0.1, 0.15) is 62.4 Å². The summed E-state index contributed by atoms with van der Waals surface area (Å²) in [5, 5.41) is 26.7. The van der Waals surface area contributed by atoms with Crippen LogP contribution in [0.3, 0.4) is 0 Å². The molecule has 1 saturated heterocycles. The predicted molar refractivity (Wildman–Crippen MR) is 262 cm³/mol. The lowest BCUT2D eigenvalue weighted by atomic mass is 9.82.